The van der Waals surface area contributed by atoms with Gasteiger partial charge >= 0.3 is 0 Å². The number of hydrogen-bond donors (Lipinski definition) is 0. The van der Waals surface area contributed by atoms with E-state index in [0.29, 0.717) is 12.0 Å². The molecule has 1 aromatic heterocycles. The third kappa shape index (κ3) is 3.43. The first-order valence-electron chi connectivity index (χ1n) is 5.86. The van der Waals surface area contributed by atoms with Crippen LogP contribution in [-0.2, 0) is 11.2 Å². The summed E-state index contributed by atoms with van der Waals surface area (Å²) in [6.45, 7) is 5.99. The third-order valence-corrected chi connectivity index (χ3v) is 3.21. The first-order valence-corrected chi connectivity index (χ1v) is 6.24. The molecule has 0 N–H and O–H groups in total. The van der Waals surface area contributed by atoms with E-state index in [1.54, 1.807) is 10.6 Å². The summed E-state index contributed by atoms with van der Waals surface area (Å²) in [6.07, 6.45) is 1.52. The number of pyridine rings is 1. The van der Waals surface area contributed by atoms with E-state index in [9.17, 15) is 9.59 Å². The van der Waals surface area contributed by atoms with Crippen LogP contribution in [0.1, 0.15) is 44.0 Å². The summed E-state index contributed by atoms with van der Waals surface area (Å²) >= 11 is 5.29. The second kappa shape index (κ2) is 6.01. The van der Waals surface area contributed by atoms with Crippen molar-refractivity contribution >= 4 is 16.8 Å². The number of aromatic nitrogens is 1. The van der Waals surface area contributed by atoms with Gasteiger partial charge in [0.2, 0.25) is 5.24 Å². The Kier molecular flexibility index (Phi) is 4.94. The Hall–Kier alpha value is -1.09. The number of hydrogen-bond acceptors (Lipinski definition) is 2. The van der Waals surface area contributed by atoms with Gasteiger partial charge in [-0.3, -0.25) is 9.59 Å². The van der Waals surface area contributed by atoms with Crippen LogP contribution in [0.15, 0.2) is 16.9 Å². The van der Waals surface area contributed by atoms with E-state index in [4.69, 9.17) is 11.6 Å². The quantitative estimate of drug-likeness (QED) is 0.759. The van der Waals surface area contributed by atoms with E-state index >= 15 is 0 Å². The van der Waals surface area contributed by atoms with Crippen molar-refractivity contribution in [3.63, 3.8) is 0 Å². The van der Waals surface area contributed by atoms with Gasteiger partial charge in [-0.1, -0.05) is 13.0 Å². The van der Waals surface area contributed by atoms with Crippen LogP contribution in [0, 0.1) is 6.92 Å². The molecule has 1 unspecified atom stereocenters. The Morgan fingerprint density at radius 1 is 1.47 bits per heavy atom. The standard InChI is InChI=1S/C13H18ClNO2/c1-4-9(2)15-10(3)5-6-11(13(15)17)7-8-12(14)16/h5-6,9H,4,7-8H2,1-3H3. The Morgan fingerprint density at radius 2 is 2.12 bits per heavy atom. The van der Waals surface area contributed by atoms with Crippen molar-refractivity contribution in [2.75, 3.05) is 0 Å². The smallest absolute Gasteiger partial charge is 0.254 e. The van der Waals surface area contributed by atoms with E-state index in [-0.39, 0.29) is 18.0 Å². The van der Waals surface area contributed by atoms with Crippen LogP contribution in [-0.4, -0.2) is 9.81 Å². The van der Waals surface area contributed by atoms with Gasteiger partial charge in [0.15, 0.2) is 0 Å². The molecule has 1 atom stereocenters. The van der Waals surface area contributed by atoms with E-state index in [0.717, 1.165) is 12.1 Å². The summed E-state index contributed by atoms with van der Waals surface area (Å²) in [5.41, 5.74) is 1.60. The lowest BCUT2D eigenvalue weighted by Gasteiger charge is -2.17. The highest BCUT2D eigenvalue weighted by atomic mass is 35.5. The zero-order valence-corrected chi connectivity index (χ0v) is 11.3. The van der Waals surface area contributed by atoms with Crippen LogP contribution in [0.4, 0.5) is 0 Å². The van der Waals surface area contributed by atoms with Crippen LogP contribution in [0.5, 0.6) is 0 Å². The predicted octanol–water partition coefficient (Wildman–Crippen LogP) is 2.83. The van der Waals surface area contributed by atoms with E-state index in [1.807, 2.05) is 26.8 Å². The first-order chi connectivity index (χ1) is 7.97. The molecular formula is C13H18ClNO2. The zero-order chi connectivity index (χ0) is 13.0. The normalized spacial score (nSPS) is 12.5. The van der Waals surface area contributed by atoms with Crippen LogP contribution in [0.25, 0.3) is 0 Å². The van der Waals surface area contributed by atoms with Crippen molar-refractivity contribution in [1.82, 2.24) is 4.57 Å². The largest absolute Gasteiger partial charge is 0.310 e. The van der Waals surface area contributed by atoms with Gasteiger partial charge in [-0.05, 0) is 44.4 Å². The number of carbonyl (C=O) groups is 1. The molecule has 4 heteroatoms. The molecule has 0 aromatic carbocycles. The second-order valence-corrected chi connectivity index (χ2v) is 4.71. The van der Waals surface area contributed by atoms with Gasteiger partial charge in [0.1, 0.15) is 0 Å². The molecule has 0 spiro atoms. The number of halogens is 1. The Balaban J connectivity index is 3.10. The molecule has 0 aliphatic heterocycles. The maximum absolute atomic E-state index is 12.2. The highest BCUT2D eigenvalue weighted by molar-refractivity contribution is 6.63. The fourth-order valence-corrected chi connectivity index (χ4v) is 1.94. The van der Waals surface area contributed by atoms with Crippen LogP contribution in [0.2, 0.25) is 0 Å². The summed E-state index contributed by atoms with van der Waals surface area (Å²) in [4.78, 5) is 22.9. The number of carbonyl (C=O) groups excluding carboxylic acids is 1. The summed E-state index contributed by atoms with van der Waals surface area (Å²) < 4.78 is 1.79. The van der Waals surface area contributed by atoms with Gasteiger partial charge in [0.25, 0.3) is 5.56 Å². The maximum atomic E-state index is 12.2. The highest BCUT2D eigenvalue weighted by Crippen LogP contribution is 2.11. The lowest BCUT2D eigenvalue weighted by molar-refractivity contribution is -0.111. The van der Waals surface area contributed by atoms with Crippen molar-refractivity contribution in [3.8, 4) is 0 Å². The molecule has 0 amide bonds. The number of aryl methyl sites for hydroxylation is 2. The average molecular weight is 256 g/mol. The van der Waals surface area contributed by atoms with Gasteiger partial charge in [-0.25, -0.2) is 0 Å². The Bertz CT molecular complexity index is 465. The predicted molar refractivity (Wildman–Crippen MR) is 69.6 cm³/mol. The summed E-state index contributed by atoms with van der Waals surface area (Å²) in [5, 5.41) is -0.403. The van der Waals surface area contributed by atoms with Crippen LogP contribution < -0.4 is 5.56 Å². The van der Waals surface area contributed by atoms with Crippen LogP contribution in [0.3, 0.4) is 0 Å². The minimum absolute atomic E-state index is 0.00253. The average Bonchev–Trinajstić information content (AvgIpc) is 2.27. The molecule has 0 bridgehead atoms. The monoisotopic (exact) mass is 255 g/mol. The summed E-state index contributed by atoms with van der Waals surface area (Å²) in [6, 6.07) is 3.88. The zero-order valence-electron chi connectivity index (χ0n) is 10.5. The lowest BCUT2D eigenvalue weighted by atomic mass is 10.1. The molecule has 0 saturated carbocycles. The minimum atomic E-state index is -0.403. The molecule has 0 aliphatic carbocycles. The van der Waals surface area contributed by atoms with Gasteiger partial charge < -0.3 is 4.57 Å². The van der Waals surface area contributed by atoms with Crippen LogP contribution >= 0.6 is 11.6 Å². The molecule has 0 saturated heterocycles. The maximum Gasteiger partial charge on any atom is 0.254 e. The molecule has 1 heterocycles. The van der Waals surface area contributed by atoms with Crippen molar-refractivity contribution in [2.45, 2.75) is 46.1 Å². The van der Waals surface area contributed by atoms with Crippen molar-refractivity contribution in [1.29, 1.82) is 0 Å². The van der Waals surface area contributed by atoms with Gasteiger partial charge in [0, 0.05) is 23.7 Å². The van der Waals surface area contributed by atoms with Crippen molar-refractivity contribution < 1.29 is 4.79 Å². The molecule has 0 aliphatic rings. The molecule has 3 nitrogen and oxygen atoms in total. The van der Waals surface area contributed by atoms with Gasteiger partial charge in [-0.2, -0.15) is 0 Å². The minimum Gasteiger partial charge on any atom is -0.310 e. The van der Waals surface area contributed by atoms with Crippen molar-refractivity contribution in [3.05, 3.63) is 33.7 Å². The Morgan fingerprint density at radius 3 is 2.65 bits per heavy atom. The molecule has 17 heavy (non-hydrogen) atoms. The number of rotatable bonds is 5. The first kappa shape index (κ1) is 14.0. The molecule has 0 radical (unpaired) electrons. The Labute approximate surface area is 106 Å². The highest BCUT2D eigenvalue weighted by Gasteiger charge is 2.11. The lowest BCUT2D eigenvalue weighted by Crippen LogP contribution is -2.28. The third-order valence-electron chi connectivity index (χ3n) is 3.02. The fourth-order valence-electron chi connectivity index (χ4n) is 1.84. The topological polar surface area (TPSA) is 39.1 Å². The fraction of sp³-hybridized carbons (Fsp3) is 0.538. The van der Waals surface area contributed by atoms with E-state index in [1.165, 1.54) is 0 Å². The van der Waals surface area contributed by atoms with E-state index < -0.39 is 5.24 Å². The SMILES string of the molecule is CCC(C)n1c(C)ccc(CCC(=O)Cl)c1=O. The van der Waals surface area contributed by atoms with Crippen molar-refractivity contribution in [2.24, 2.45) is 0 Å². The summed E-state index contributed by atoms with van der Waals surface area (Å²) in [5.74, 6) is 0. The molecule has 94 valence electrons. The molecule has 0 fully saturated rings. The second-order valence-electron chi connectivity index (χ2n) is 4.29. The van der Waals surface area contributed by atoms with Gasteiger partial charge in [-0.15, -0.1) is 0 Å². The van der Waals surface area contributed by atoms with Gasteiger partial charge in [0.05, 0.1) is 0 Å². The number of nitrogens with zero attached hydrogens (tertiary/aromatic N) is 1. The molecule has 1 aromatic rings. The van der Waals surface area contributed by atoms with E-state index in [2.05, 4.69) is 0 Å². The molecular weight excluding hydrogens is 238 g/mol. The summed E-state index contributed by atoms with van der Waals surface area (Å²) in [7, 11) is 0. The molecule has 1 rings (SSSR count).